The van der Waals surface area contributed by atoms with Gasteiger partial charge in [-0.2, -0.15) is 0 Å². The van der Waals surface area contributed by atoms with Crippen LogP contribution in [0.1, 0.15) is 11.1 Å². The van der Waals surface area contributed by atoms with Crippen molar-refractivity contribution in [1.29, 1.82) is 0 Å². The summed E-state index contributed by atoms with van der Waals surface area (Å²) in [6, 6.07) is 27.0. The van der Waals surface area contributed by atoms with E-state index in [2.05, 4.69) is 5.32 Å². The predicted molar refractivity (Wildman–Crippen MR) is 160 cm³/mol. The van der Waals surface area contributed by atoms with Gasteiger partial charge in [0.2, 0.25) is 0 Å². The molecule has 0 aliphatic carbocycles. The van der Waals surface area contributed by atoms with Gasteiger partial charge in [-0.3, -0.25) is 29.9 Å². The number of nitro groups is 1. The fraction of sp³-hybridized carbons (Fsp3) is 0.0645. The normalized spacial score (nSPS) is 14.0. The summed E-state index contributed by atoms with van der Waals surface area (Å²) in [4.78, 5) is 38.4. The van der Waals surface area contributed by atoms with Crippen molar-refractivity contribution >= 4 is 46.6 Å². The number of anilines is 1. The maximum atomic E-state index is 13.5. The lowest BCUT2D eigenvalue weighted by Gasteiger charge is -2.29. The van der Waals surface area contributed by atoms with E-state index in [-0.39, 0.29) is 28.7 Å². The fourth-order valence-corrected chi connectivity index (χ4v) is 4.51. The average Bonchev–Trinajstić information content (AvgIpc) is 2.99. The number of ether oxygens (including phenoxy) is 3. The van der Waals surface area contributed by atoms with E-state index in [9.17, 15) is 19.7 Å². The molecule has 4 aromatic carbocycles. The lowest BCUT2D eigenvalue weighted by Crippen LogP contribution is -2.54. The van der Waals surface area contributed by atoms with Gasteiger partial charge >= 0.3 is 5.69 Å². The number of nitrogens with one attached hydrogen (secondary N) is 1. The number of nitro benzene ring substituents is 1. The minimum Gasteiger partial charge on any atom is -0.496 e. The molecule has 0 bridgehead atoms. The Bertz CT molecular complexity index is 1710. The van der Waals surface area contributed by atoms with Gasteiger partial charge in [0.05, 0.1) is 17.7 Å². The Morgan fingerprint density at radius 1 is 0.905 bits per heavy atom. The van der Waals surface area contributed by atoms with Gasteiger partial charge in [0.15, 0.2) is 10.9 Å². The molecule has 0 unspecified atom stereocenters. The highest BCUT2D eigenvalue weighted by molar-refractivity contribution is 7.80. The highest BCUT2D eigenvalue weighted by Gasteiger charge is 2.34. The zero-order chi connectivity index (χ0) is 29.6. The first kappa shape index (κ1) is 28.0. The standard InChI is InChI=1S/C31H23N3O7S/c1-39-27-16-11-20(17-21(27)19-40-28-10-6-5-9-26(28)34(37)38)18-25-29(35)32-31(42)33(30(25)36)22-12-14-24(15-13-22)41-23-7-3-2-4-8-23/h2-18H,19H2,1H3,(H,32,35,42)/b25-18+. The molecule has 1 saturated heterocycles. The second kappa shape index (κ2) is 12.3. The third-order valence-corrected chi connectivity index (χ3v) is 6.52. The third-order valence-electron chi connectivity index (χ3n) is 6.24. The van der Waals surface area contributed by atoms with Gasteiger partial charge in [0.1, 0.15) is 29.4 Å². The number of carbonyl (C=O) groups is 2. The summed E-state index contributed by atoms with van der Waals surface area (Å²) in [5, 5.41) is 13.9. The predicted octanol–water partition coefficient (Wildman–Crippen LogP) is 5.81. The van der Waals surface area contributed by atoms with Gasteiger partial charge in [-0.05, 0) is 78.5 Å². The first-order chi connectivity index (χ1) is 20.3. The summed E-state index contributed by atoms with van der Waals surface area (Å²) < 4.78 is 17.0. The molecule has 1 aliphatic rings. The molecular formula is C31H23N3O7S. The van der Waals surface area contributed by atoms with Crippen LogP contribution in [0.15, 0.2) is 103 Å². The Morgan fingerprint density at radius 2 is 1.60 bits per heavy atom. The zero-order valence-corrected chi connectivity index (χ0v) is 23.0. The van der Waals surface area contributed by atoms with Crippen LogP contribution in [0.3, 0.4) is 0 Å². The average molecular weight is 582 g/mol. The van der Waals surface area contributed by atoms with Gasteiger partial charge in [-0.25, -0.2) is 0 Å². The number of hydrogen-bond donors (Lipinski definition) is 1. The maximum Gasteiger partial charge on any atom is 0.310 e. The first-order valence-corrected chi connectivity index (χ1v) is 13.0. The molecule has 2 amide bonds. The topological polar surface area (TPSA) is 120 Å². The van der Waals surface area contributed by atoms with Crippen molar-refractivity contribution in [2.45, 2.75) is 6.61 Å². The number of benzene rings is 4. The van der Waals surface area contributed by atoms with Gasteiger partial charge in [0.25, 0.3) is 11.8 Å². The Labute approximate surface area is 245 Å². The lowest BCUT2D eigenvalue weighted by atomic mass is 10.0. The highest BCUT2D eigenvalue weighted by atomic mass is 32.1. The number of carbonyl (C=O) groups excluding carboxylic acids is 2. The molecule has 4 aromatic rings. The van der Waals surface area contributed by atoms with Crippen LogP contribution in [-0.2, 0) is 16.2 Å². The van der Waals surface area contributed by atoms with Crippen LogP contribution in [0.4, 0.5) is 11.4 Å². The number of thiocarbonyl (C=S) groups is 1. The Morgan fingerprint density at radius 3 is 2.31 bits per heavy atom. The summed E-state index contributed by atoms with van der Waals surface area (Å²) in [6.07, 6.45) is 1.44. The minimum absolute atomic E-state index is 0.0489. The molecule has 5 rings (SSSR count). The number of rotatable bonds is 9. The SMILES string of the molecule is COc1ccc(/C=C2\C(=O)NC(=S)N(c3ccc(Oc4ccccc4)cc3)C2=O)cc1COc1ccccc1[N+](=O)[O-]. The smallest absolute Gasteiger partial charge is 0.310 e. The molecule has 0 atom stereocenters. The van der Waals surface area contributed by atoms with Crippen molar-refractivity contribution in [3.63, 3.8) is 0 Å². The van der Waals surface area contributed by atoms with E-state index < -0.39 is 16.7 Å². The van der Waals surface area contributed by atoms with Crippen LogP contribution in [0.2, 0.25) is 0 Å². The van der Waals surface area contributed by atoms with E-state index in [1.54, 1.807) is 54.6 Å². The Hall–Kier alpha value is -5.55. The van der Waals surface area contributed by atoms with Crippen molar-refractivity contribution in [1.82, 2.24) is 5.32 Å². The second-order valence-electron chi connectivity index (χ2n) is 8.95. The van der Waals surface area contributed by atoms with Crippen molar-refractivity contribution in [2.24, 2.45) is 0 Å². The Kier molecular flexibility index (Phi) is 8.21. The monoisotopic (exact) mass is 581 g/mol. The van der Waals surface area contributed by atoms with Crippen LogP contribution >= 0.6 is 12.2 Å². The van der Waals surface area contributed by atoms with Crippen LogP contribution in [-0.4, -0.2) is 29.0 Å². The molecule has 210 valence electrons. The molecular weight excluding hydrogens is 558 g/mol. The summed E-state index contributed by atoms with van der Waals surface area (Å²) >= 11 is 5.32. The molecule has 0 aromatic heterocycles. The number of nitrogens with zero attached hydrogens (tertiary/aromatic N) is 2. The van der Waals surface area contributed by atoms with E-state index in [0.717, 1.165) is 0 Å². The number of hydrogen-bond acceptors (Lipinski definition) is 8. The van der Waals surface area contributed by atoms with E-state index in [1.165, 1.54) is 30.2 Å². The molecule has 1 aliphatic heterocycles. The Balaban J connectivity index is 1.38. The second-order valence-corrected chi connectivity index (χ2v) is 9.34. The van der Waals surface area contributed by atoms with Gasteiger partial charge in [-0.1, -0.05) is 36.4 Å². The highest BCUT2D eigenvalue weighted by Crippen LogP contribution is 2.30. The lowest BCUT2D eigenvalue weighted by molar-refractivity contribution is -0.385. The molecule has 0 radical (unpaired) electrons. The zero-order valence-electron chi connectivity index (χ0n) is 22.2. The molecule has 1 fully saturated rings. The van der Waals surface area contributed by atoms with Gasteiger partial charge < -0.3 is 14.2 Å². The van der Waals surface area contributed by atoms with Crippen molar-refractivity contribution in [3.05, 3.63) is 124 Å². The largest absolute Gasteiger partial charge is 0.496 e. The maximum absolute atomic E-state index is 13.5. The summed E-state index contributed by atoms with van der Waals surface area (Å²) in [7, 11) is 1.48. The molecule has 42 heavy (non-hydrogen) atoms. The number of methoxy groups -OCH3 is 1. The van der Waals surface area contributed by atoms with Crippen LogP contribution in [0.25, 0.3) is 6.08 Å². The molecule has 11 heteroatoms. The van der Waals surface area contributed by atoms with Crippen LogP contribution in [0.5, 0.6) is 23.0 Å². The molecule has 1 heterocycles. The first-order valence-electron chi connectivity index (χ1n) is 12.6. The van der Waals surface area contributed by atoms with Crippen molar-refractivity contribution in [2.75, 3.05) is 12.0 Å². The van der Waals surface area contributed by atoms with Gasteiger partial charge in [-0.15, -0.1) is 0 Å². The van der Waals surface area contributed by atoms with Crippen LogP contribution in [0, 0.1) is 10.1 Å². The van der Waals surface area contributed by atoms with E-state index in [1.807, 2.05) is 30.3 Å². The van der Waals surface area contributed by atoms with Crippen molar-refractivity contribution < 1.29 is 28.7 Å². The fourth-order valence-electron chi connectivity index (χ4n) is 4.23. The minimum atomic E-state index is -0.640. The summed E-state index contributed by atoms with van der Waals surface area (Å²) in [5.41, 5.74) is 1.20. The molecule has 10 nitrogen and oxygen atoms in total. The van der Waals surface area contributed by atoms with Crippen molar-refractivity contribution in [3.8, 4) is 23.0 Å². The quantitative estimate of drug-likeness (QED) is 0.0865. The van der Waals surface area contributed by atoms with Gasteiger partial charge in [0, 0.05) is 11.6 Å². The van der Waals surface area contributed by atoms with E-state index >= 15 is 0 Å². The summed E-state index contributed by atoms with van der Waals surface area (Å²) in [5.74, 6) is 0.551. The summed E-state index contributed by atoms with van der Waals surface area (Å²) in [6.45, 7) is -0.0568. The van der Waals surface area contributed by atoms with Crippen LogP contribution < -0.4 is 24.4 Å². The molecule has 0 spiro atoms. The molecule has 1 N–H and O–H groups in total. The third kappa shape index (κ3) is 6.11. The van der Waals surface area contributed by atoms with E-state index in [0.29, 0.717) is 34.1 Å². The number of para-hydroxylation sites is 3. The molecule has 0 saturated carbocycles. The van der Waals surface area contributed by atoms with E-state index in [4.69, 9.17) is 26.4 Å². The number of amides is 2.